The van der Waals surface area contributed by atoms with Gasteiger partial charge in [-0.1, -0.05) is 70.6 Å². The molecule has 31 heavy (non-hydrogen) atoms. The average molecular weight is 441 g/mol. The van der Waals surface area contributed by atoms with E-state index < -0.39 is 42.5 Å². The third-order valence-electron chi connectivity index (χ3n) is 5.34. The summed E-state index contributed by atoms with van der Waals surface area (Å²) in [4.78, 5) is 22.4. The number of esters is 2. The summed E-state index contributed by atoms with van der Waals surface area (Å²) in [5.74, 6) is 4.73. The fourth-order valence-electron chi connectivity index (χ4n) is 3.60. The van der Waals surface area contributed by atoms with E-state index in [9.17, 15) is 19.8 Å². The van der Waals surface area contributed by atoms with E-state index in [1.807, 2.05) is 0 Å². The van der Waals surface area contributed by atoms with Crippen molar-refractivity contribution >= 4 is 11.9 Å². The number of hydrogen-bond acceptors (Lipinski definition) is 7. The van der Waals surface area contributed by atoms with Gasteiger partial charge in [-0.3, -0.25) is 9.59 Å². The maximum absolute atomic E-state index is 11.3. The summed E-state index contributed by atoms with van der Waals surface area (Å²) in [6.07, 6.45) is 7.47. The SMILES string of the molecule is CCCCCCCCCCCCC#C[C@H]1O[C@H](COC(C)=O)[C@@H](OC(C)=O)[C@H](O)[C@@H]1O. The fourth-order valence-corrected chi connectivity index (χ4v) is 3.60. The van der Waals surface area contributed by atoms with Crippen LogP contribution in [0, 0.1) is 11.8 Å². The van der Waals surface area contributed by atoms with Gasteiger partial charge >= 0.3 is 11.9 Å². The van der Waals surface area contributed by atoms with E-state index in [0.717, 1.165) is 12.8 Å². The molecule has 1 rings (SSSR count). The molecule has 1 fully saturated rings. The van der Waals surface area contributed by atoms with Gasteiger partial charge in [0.25, 0.3) is 0 Å². The molecule has 0 aromatic heterocycles. The largest absolute Gasteiger partial charge is 0.463 e. The highest BCUT2D eigenvalue weighted by atomic mass is 16.6. The van der Waals surface area contributed by atoms with Gasteiger partial charge in [0.05, 0.1) is 0 Å². The Kier molecular flexibility index (Phi) is 14.2. The third-order valence-corrected chi connectivity index (χ3v) is 5.34. The Labute approximate surface area is 186 Å². The summed E-state index contributed by atoms with van der Waals surface area (Å²) < 4.78 is 15.7. The number of carbonyl (C=O) groups excluding carboxylic acids is 2. The lowest BCUT2D eigenvalue weighted by Gasteiger charge is -2.40. The van der Waals surface area contributed by atoms with Crippen LogP contribution < -0.4 is 0 Å². The first-order valence-electron chi connectivity index (χ1n) is 11.7. The van der Waals surface area contributed by atoms with Gasteiger partial charge in [0, 0.05) is 20.3 Å². The Balaban J connectivity index is 2.39. The molecular formula is C24H40O7. The van der Waals surface area contributed by atoms with E-state index in [1.54, 1.807) is 0 Å². The Morgan fingerprint density at radius 2 is 1.45 bits per heavy atom. The van der Waals surface area contributed by atoms with Crippen LogP contribution in [0.2, 0.25) is 0 Å². The van der Waals surface area contributed by atoms with Crippen molar-refractivity contribution in [2.24, 2.45) is 0 Å². The smallest absolute Gasteiger partial charge is 0.303 e. The second-order valence-corrected chi connectivity index (χ2v) is 8.21. The number of ether oxygens (including phenoxy) is 3. The molecule has 1 saturated heterocycles. The molecule has 0 saturated carbocycles. The first-order chi connectivity index (χ1) is 14.9. The van der Waals surface area contributed by atoms with E-state index >= 15 is 0 Å². The molecule has 0 unspecified atom stereocenters. The van der Waals surface area contributed by atoms with Crippen molar-refractivity contribution < 1.29 is 34.0 Å². The van der Waals surface area contributed by atoms with Crippen LogP contribution in [0.4, 0.5) is 0 Å². The zero-order valence-corrected chi connectivity index (χ0v) is 19.3. The van der Waals surface area contributed by atoms with Crippen molar-refractivity contribution in [2.45, 2.75) is 122 Å². The molecule has 1 aliphatic heterocycles. The van der Waals surface area contributed by atoms with E-state index in [-0.39, 0.29) is 6.61 Å². The lowest BCUT2D eigenvalue weighted by Crippen LogP contribution is -2.59. The van der Waals surface area contributed by atoms with Crippen LogP contribution in [-0.2, 0) is 23.8 Å². The van der Waals surface area contributed by atoms with Gasteiger partial charge in [-0.2, -0.15) is 0 Å². The number of hydrogen-bond donors (Lipinski definition) is 2. The highest BCUT2D eigenvalue weighted by Crippen LogP contribution is 2.24. The van der Waals surface area contributed by atoms with E-state index in [2.05, 4.69) is 18.8 Å². The molecule has 0 aromatic rings. The number of aliphatic hydroxyl groups is 2. The van der Waals surface area contributed by atoms with E-state index in [4.69, 9.17) is 14.2 Å². The maximum Gasteiger partial charge on any atom is 0.303 e. The molecule has 1 aliphatic rings. The van der Waals surface area contributed by atoms with E-state index in [0.29, 0.717) is 6.42 Å². The molecule has 178 valence electrons. The second-order valence-electron chi connectivity index (χ2n) is 8.21. The van der Waals surface area contributed by atoms with Gasteiger partial charge in [-0.15, -0.1) is 5.92 Å². The van der Waals surface area contributed by atoms with Crippen molar-refractivity contribution in [1.82, 2.24) is 0 Å². The predicted octanol–water partition coefficient (Wildman–Crippen LogP) is 3.28. The number of unbranched alkanes of at least 4 members (excludes halogenated alkanes) is 10. The molecule has 0 aliphatic carbocycles. The quantitative estimate of drug-likeness (QED) is 0.257. The number of aliphatic hydroxyl groups excluding tert-OH is 2. The van der Waals surface area contributed by atoms with Crippen LogP contribution in [0.3, 0.4) is 0 Å². The molecule has 5 atom stereocenters. The molecule has 1 heterocycles. The minimum absolute atomic E-state index is 0.201. The van der Waals surface area contributed by atoms with E-state index in [1.165, 1.54) is 65.2 Å². The monoisotopic (exact) mass is 440 g/mol. The van der Waals surface area contributed by atoms with Crippen LogP contribution in [0.25, 0.3) is 0 Å². The van der Waals surface area contributed by atoms with Crippen molar-refractivity contribution in [3.63, 3.8) is 0 Å². The molecule has 0 radical (unpaired) electrons. The summed E-state index contributed by atoms with van der Waals surface area (Å²) in [5.41, 5.74) is 0. The van der Waals surface area contributed by atoms with Crippen LogP contribution in [0.5, 0.6) is 0 Å². The Morgan fingerprint density at radius 3 is 2.00 bits per heavy atom. The minimum Gasteiger partial charge on any atom is -0.463 e. The highest BCUT2D eigenvalue weighted by molar-refractivity contribution is 5.66. The van der Waals surface area contributed by atoms with Gasteiger partial charge in [0.15, 0.2) is 6.10 Å². The highest BCUT2D eigenvalue weighted by Gasteiger charge is 2.46. The summed E-state index contributed by atoms with van der Waals surface area (Å²) in [6.45, 7) is 4.47. The van der Waals surface area contributed by atoms with Gasteiger partial charge in [0.2, 0.25) is 0 Å². The maximum atomic E-state index is 11.3. The molecule has 0 spiro atoms. The lowest BCUT2D eigenvalue weighted by molar-refractivity contribution is -0.228. The van der Waals surface area contributed by atoms with Gasteiger partial charge in [0.1, 0.15) is 31.0 Å². The minimum atomic E-state index is -1.38. The first-order valence-corrected chi connectivity index (χ1v) is 11.7. The van der Waals surface area contributed by atoms with Gasteiger partial charge in [-0.25, -0.2) is 0 Å². The first kappa shape index (κ1) is 27.4. The van der Waals surface area contributed by atoms with Crippen LogP contribution in [0.15, 0.2) is 0 Å². The Hall–Kier alpha value is -1.62. The van der Waals surface area contributed by atoms with Gasteiger partial charge in [-0.05, 0) is 6.42 Å². The Morgan fingerprint density at radius 1 is 0.871 bits per heavy atom. The fraction of sp³-hybridized carbons (Fsp3) is 0.833. The van der Waals surface area contributed by atoms with Crippen molar-refractivity contribution in [3.05, 3.63) is 0 Å². The van der Waals surface area contributed by atoms with Crippen LogP contribution in [0.1, 0.15) is 91.4 Å². The normalized spacial score (nSPS) is 25.4. The zero-order valence-electron chi connectivity index (χ0n) is 19.3. The molecule has 2 N–H and O–H groups in total. The molecule has 0 bridgehead atoms. The number of carbonyl (C=O) groups is 2. The summed E-state index contributed by atoms with van der Waals surface area (Å²) in [5, 5.41) is 20.7. The van der Waals surface area contributed by atoms with Crippen molar-refractivity contribution in [1.29, 1.82) is 0 Å². The lowest BCUT2D eigenvalue weighted by atomic mass is 9.95. The average Bonchev–Trinajstić information content (AvgIpc) is 2.72. The molecular weight excluding hydrogens is 400 g/mol. The molecule has 7 nitrogen and oxygen atoms in total. The van der Waals surface area contributed by atoms with Gasteiger partial charge < -0.3 is 24.4 Å². The predicted molar refractivity (Wildman–Crippen MR) is 117 cm³/mol. The molecule has 0 aromatic carbocycles. The zero-order chi connectivity index (χ0) is 23.1. The summed E-state index contributed by atoms with van der Waals surface area (Å²) in [7, 11) is 0. The summed E-state index contributed by atoms with van der Waals surface area (Å²) >= 11 is 0. The van der Waals surface area contributed by atoms with Crippen LogP contribution >= 0.6 is 0 Å². The standard InChI is InChI=1S/C24H40O7/c1-4-5-6-7-8-9-10-11-12-13-14-15-16-20-22(27)23(28)24(30-19(3)26)21(31-20)17-29-18(2)25/h20-24,27-28H,4-14,17H2,1-3H3/t20-,21-,22-,23-,24-/m1/s1. The topological polar surface area (TPSA) is 102 Å². The third kappa shape index (κ3) is 11.5. The van der Waals surface area contributed by atoms with Crippen molar-refractivity contribution in [2.75, 3.05) is 6.61 Å². The molecule has 7 heteroatoms. The number of rotatable bonds is 13. The summed E-state index contributed by atoms with van der Waals surface area (Å²) in [6, 6.07) is 0. The second kappa shape index (κ2) is 16.1. The van der Waals surface area contributed by atoms with Crippen molar-refractivity contribution in [3.8, 4) is 11.8 Å². The Bertz CT molecular complexity index is 580. The van der Waals surface area contributed by atoms with Crippen LogP contribution in [-0.4, -0.2) is 59.3 Å². The molecule has 0 amide bonds.